The van der Waals surface area contributed by atoms with Crippen LogP contribution in [-0.2, 0) is 0 Å². The molecule has 2 rings (SSSR count). The molecule has 100 valence electrons. The third kappa shape index (κ3) is 3.62. The van der Waals surface area contributed by atoms with Gasteiger partial charge in [0.25, 0.3) is 0 Å². The smallest absolute Gasteiger partial charge is 0.0886 e. The maximum atomic E-state index is 10.4. The van der Waals surface area contributed by atoms with Crippen LogP contribution in [0.15, 0.2) is 47.4 Å². The Morgan fingerprint density at radius 2 is 1.58 bits per heavy atom. The summed E-state index contributed by atoms with van der Waals surface area (Å²) in [6, 6.07) is 14.5. The van der Waals surface area contributed by atoms with Gasteiger partial charge in [-0.25, -0.2) is 0 Å². The van der Waals surface area contributed by atoms with Gasteiger partial charge in [-0.2, -0.15) is 0 Å². The van der Waals surface area contributed by atoms with Crippen LogP contribution in [0.3, 0.4) is 0 Å². The van der Waals surface area contributed by atoms with Gasteiger partial charge in [0, 0.05) is 10.6 Å². The van der Waals surface area contributed by atoms with Crippen LogP contribution < -0.4 is 0 Å². The lowest BCUT2D eigenvalue weighted by atomic mass is 9.98. The molecule has 1 N–H and O–H groups in total. The molecule has 0 fully saturated rings. The van der Waals surface area contributed by atoms with Crippen molar-refractivity contribution in [2.24, 2.45) is 0 Å². The molecule has 1 unspecified atom stereocenters. The molecule has 1 nitrogen and oxygen atoms in total. The van der Waals surface area contributed by atoms with E-state index in [-0.39, 0.29) is 0 Å². The van der Waals surface area contributed by atoms with E-state index in [0.29, 0.717) is 5.75 Å². The van der Waals surface area contributed by atoms with Gasteiger partial charge < -0.3 is 5.11 Å². The zero-order valence-corrected chi connectivity index (χ0v) is 12.5. The van der Waals surface area contributed by atoms with Crippen LogP contribution in [0.25, 0.3) is 0 Å². The first-order valence-corrected chi connectivity index (χ1v) is 7.50. The van der Waals surface area contributed by atoms with E-state index >= 15 is 0 Å². The number of hydrogen-bond donors (Lipinski definition) is 1. The summed E-state index contributed by atoms with van der Waals surface area (Å²) >= 11 is 1.69. The van der Waals surface area contributed by atoms with Crippen LogP contribution in [0.4, 0.5) is 0 Å². The van der Waals surface area contributed by atoms with Crippen molar-refractivity contribution < 1.29 is 5.11 Å². The van der Waals surface area contributed by atoms with Crippen LogP contribution in [0, 0.1) is 20.8 Å². The van der Waals surface area contributed by atoms with Crippen LogP contribution in [0.1, 0.15) is 28.4 Å². The van der Waals surface area contributed by atoms with E-state index in [9.17, 15) is 5.11 Å². The molecule has 0 aliphatic heterocycles. The standard InChI is InChI=1S/C17H20OS/c1-12-9-14(3)16(10-13(12)2)17(18)11-19-15-7-5-4-6-8-15/h4-10,17-18H,11H2,1-3H3. The molecule has 0 spiro atoms. The number of aryl methyl sites for hydroxylation is 3. The maximum absolute atomic E-state index is 10.4. The topological polar surface area (TPSA) is 20.2 Å². The Balaban J connectivity index is 2.08. The van der Waals surface area contributed by atoms with Crippen LogP contribution in [0.5, 0.6) is 0 Å². The molecule has 0 amide bonds. The summed E-state index contributed by atoms with van der Waals surface area (Å²) in [6.07, 6.45) is -0.412. The molecular weight excluding hydrogens is 252 g/mol. The molecule has 2 aromatic carbocycles. The molecule has 0 saturated carbocycles. The third-order valence-electron chi connectivity index (χ3n) is 3.39. The number of aliphatic hydroxyl groups excluding tert-OH is 1. The number of aliphatic hydroxyl groups is 1. The lowest BCUT2D eigenvalue weighted by molar-refractivity contribution is 0.203. The molecule has 2 heteroatoms. The molecule has 0 saturated heterocycles. The minimum absolute atomic E-state index is 0.412. The van der Waals surface area contributed by atoms with Gasteiger partial charge in [0.15, 0.2) is 0 Å². The van der Waals surface area contributed by atoms with Crippen molar-refractivity contribution in [1.29, 1.82) is 0 Å². The fraction of sp³-hybridized carbons (Fsp3) is 0.294. The molecule has 0 bridgehead atoms. The summed E-state index contributed by atoms with van der Waals surface area (Å²) in [6.45, 7) is 6.27. The first kappa shape index (κ1) is 14.2. The number of thioether (sulfide) groups is 1. The maximum Gasteiger partial charge on any atom is 0.0886 e. The SMILES string of the molecule is Cc1cc(C)c(C(O)CSc2ccccc2)cc1C. The Morgan fingerprint density at radius 1 is 0.947 bits per heavy atom. The lowest BCUT2D eigenvalue weighted by Gasteiger charge is -2.15. The van der Waals surface area contributed by atoms with Crippen molar-refractivity contribution in [1.82, 2.24) is 0 Å². The van der Waals surface area contributed by atoms with Crippen molar-refractivity contribution in [2.45, 2.75) is 31.8 Å². The molecule has 0 aliphatic carbocycles. The van der Waals surface area contributed by atoms with Crippen molar-refractivity contribution in [3.8, 4) is 0 Å². The molecule has 1 atom stereocenters. The van der Waals surface area contributed by atoms with Crippen molar-refractivity contribution in [2.75, 3.05) is 5.75 Å². The van der Waals surface area contributed by atoms with E-state index in [1.54, 1.807) is 11.8 Å². The van der Waals surface area contributed by atoms with Gasteiger partial charge in [0.1, 0.15) is 0 Å². The lowest BCUT2D eigenvalue weighted by Crippen LogP contribution is -2.04. The van der Waals surface area contributed by atoms with Crippen molar-refractivity contribution in [3.63, 3.8) is 0 Å². The average molecular weight is 272 g/mol. The summed E-state index contributed by atoms with van der Waals surface area (Å²) in [4.78, 5) is 1.20. The van der Waals surface area contributed by atoms with Crippen LogP contribution in [-0.4, -0.2) is 10.9 Å². The second-order valence-corrected chi connectivity index (χ2v) is 6.03. The average Bonchev–Trinajstić information content (AvgIpc) is 2.41. The van der Waals surface area contributed by atoms with E-state index in [1.165, 1.54) is 21.6 Å². The second-order valence-electron chi connectivity index (χ2n) is 4.93. The van der Waals surface area contributed by atoms with Gasteiger partial charge >= 0.3 is 0 Å². The normalized spacial score (nSPS) is 12.4. The number of benzene rings is 2. The number of rotatable bonds is 4. The molecule has 0 heterocycles. The molecule has 0 aromatic heterocycles. The predicted molar refractivity (Wildman–Crippen MR) is 82.8 cm³/mol. The summed E-state index contributed by atoms with van der Waals surface area (Å²) in [5.74, 6) is 0.688. The first-order chi connectivity index (χ1) is 9.08. The van der Waals surface area contributed by atoms with Gasteiger partial charge in [-0.15, -0.1) is 11.8 Å². The summed E-state index contributed by atoms with van der Waals surface area (Å²) in [5, 5.41) is 10.4. The largest absolute Gasteiger partial charge is 0.388 e. The highest BCUT2D eigenvalue weighted by Gasteiger charge is 2.12. The highest BCUT2D eigenvalue weighted by molar-refractivity contribution is 7.99. The molecule has 0 radical (unpaired) electrons. The van der Waals surface area contributed by atoms with Gasteiger partial charge in [0.05, 0.1) is 6.10 Å². The fourth-order valence-electron chi connectivity index (χ4n) is 2.12. The van der Waals surface area contributed by atoms with Crippen molar-refractivity contribution >= 4 is 11.8 Å². The summed E-state index contributed by atoms with van der Waals surface area (Å²) in [5.41, 5.74) is 4.74. The molecule has 19 heavy (non-hydrogen) atoms. The summed E-state index contributed by atoms with van der Waals surface area (Å²) in [7, 11) is 0. The Morgan fingerprint density at radius 3 is 2.26 bits per heavy atom. The predicted octanol–water partition coefficient (Wildman–Crippen LogP) is 4.44. The van der Waals surface area contributed by atoms with Gasteiger partial charge in [-0.05, 0) is 55.2 Å². The monoisotopic (exact) mass is 272 g/mol. The first-order valence-electron chi connectivity index (χ1n) is 6.51. The van der Waals surface area contributed by atoms with Crippen molar-refractivity contribution in [3.05, 3.63) is 64.7 Å². The quantitative estimate of drug-likeness (QED) is 0.830. The van der Waals surface area contributed by atoms with E-state index in [1.807, 2.05) is 18.2 Å². The Bertz CT molecular complexity index is 549. The minimum atomic E-state index is -0.412. The van der Waals surface area contributed by atoms with E-state index < -0.39 is 6.10 Å². The second kappa shape index (κ2) is 6.27. The fourth-order valence-corrected chi connectivity index (χ4v) is 3.00. The molecule has 0 aliphatic rings. The number of hydrogen-bond acceptors (Lipinski definition) is 2. The Kier molecular flexibility index (Phi) is 4.67. The minimum Gasteiger partial charge on any atom is -0.388 e. The van der Waals surface area contributed by atoms with Crippen LogP contribution in [0.2, 0.25) is 0 Å². The Hall–Kier alpha value is -1.25. The molecular formula is C17H20OS. The van der Waals surface area contributed by atoms with E-state index in [0.717, 1.165) is 5.56 Å². The molecule has 2 aromatic rings. The van der Waals surface area contributed by atoms with Gasteiger partial charge in [0.2, 0.25) is 0 Å². The third-order valence-corrected chi connectivity index (χ3v) is 4.48. The van der Waals surface area contributed by atoms with Crippen LogP contribution >= 0.6 is 11.8 Å². The van der Waals surface area contributed by atoms with Gasteiger partial charge in [-0.1, -0.05) is 30.3 Å². The van der Waals surface area contributed by atoms with E-state index in [4.69, 9.17) is 0 Å². The highest BCUT2D eigenvalue weighted by atomic mass is 32.2. The highest BCUT2D eigenvalue weighted by Crippen LogP contribution is 2.27. The Labute approximate surface area is 119 Å². The zero-order valence-electron chi connectivity index (χ0n) is 11.7. The van der Waals surface area contributed by atoms with E-state index in [2.05, 4.69) is 45.0 Å². The summed E-state index contributed by atoms with van der Waals surface area (Å²) < 4.78 is 0. The zero-order chi connectivity index (χ0) is 13.8. The van der Waals surface area contributed by atoms with Gasteiger partial charge in [-0.3, -0.25) is 0 Å².